The number of ketones is 1. The second-order valence-electron chi connectivity index (χ2n) is 13.0. The normalized spacial score (nSPS) is 21.5. The number of sulfonamides is 1. The van der Waals surface area contributed by atoms with Gasteiger partial charge in [-0.25, -0.2) is 8.42 Å². The Balaban J connectivity index is 1.28. The lowest BCUT2D eigenvalue weighted by molar-refractivity contribution is -0.130. The standard InChI is InChI=1S/C36H41N3O7S/c1-20(2)45-33-25-10-9-17-37-30(25)29-28(32(33)40)31(38-34(29)46-21(3)4)24-14-13-23(18-22(24)5)19-47(42,43)39-35(41)36(15-16-36)26-11-7-8-12-27(26)44-6/h7-14,17-18,20-21,31,33-34,38H,15-16,19H2,1-6H3,(H,39,41). The van der Waals surface area contributed by atoms with Crippen LogP contribution in [0.2, 0.25) is 0 Å². The van der Waals surface area contributed by atoms with E-state index in [1.807, 2.05) is 58.9 Å². The van der Waals surface area contributed by atoms with Crippen molar-refractivity contribution in [3.05, 3.63) is 99.9 Å². The molecular weight excluding hydrogens is 618 g/mol. The van der Waals surface area contributed by atoms with Crippen LogP contribution in [0.1, 0.15) is 86.2 Å². The number of para-hydroxylation sites is 1. The summed E-state index contributed by atoms with van der Waals surface area (Å²) in [7, 11) is -2.49. The highest BCUT2D eigenvalue weighted by molar-refractivity contribution is 7.89. The van der Waals surface area contributed by atoms with E-state index in [0.29, 0.717) is 52.1 Å². The third kappa shape index (κ3) is 6.25. The first-order chi connectivity index (χ1) is 22.3. The maximum atomic E-state index is 14.2. The van der Waals surface area contributed by atoms with Crippen molar-refractivity contribution in [2.24, 2.45) is 0 Å². The zero-order valence-electron chi connectivity index (χ0n) is 27.5. The number of hydrogen-bond donors (Lipinski definition) is 2. The van der Waals surface area contributed by atoms with Crippen LogP contribution in [0.5, 0.6) is 5.75 Å². The summed E-state index contributed by atoms with van der Waals surface area (Å²) in [6, 6.07) is 15.7. The van der Waals surface area contributed by atoms with Crippen molar-refractivity contribution in [1.82, 2.24) is 15.0 Å². The molecule has 3 atom stereocenters. The number of rotatable bonds is 11. The summed E-state index contributed by atoms with van der Waals surface area (Å²) in [5.74, 6) is -0.530. The largest absolute Gasteiger partial charge is 0.496 e. The van der Waals surface area contributed by atoms with Gasteiger partial charge in [-0.2, -0.15) is 0 Å². The molecule has 2 aromatic carbocycles. The van der Waals surface area contributed by atoms with Gasteiger partial charge in [0, 0.05) is 28.5 Å². The number of carbonyl (C=O) groups is 2. The highest BCUT2D eigenvalue weighted by Gasteiger charge is 2.54. The van der Waals surface area contributed by atoms with E-state index in [2.05, 4.69) is 15.0 Å². The van der Waals surface area contributed by atoms with E-state index in [1.165, 1.54) is 7.11 Å². The van der Waals surface area contributed by atoms with Crippen LogP contribution in [0.3, 0.4) is 0 Å². The molecule has 1 aliphatic heterocycles. The molecular formula is C36H41N3O7S. The van der Waals surface area contributed by atoms with Gasteiger partial charge in [-0.1, -0.05) is 42.5 Å². The summed E-state index contributed by atoms with van der Waals surface area (Å²) in [6.07, 6.45) is 1.07. The summed E-state index contributed by atoms with van der Waals surface area (Å²) in [6.45, 7) is 9.54. The Hall–Kier alpha value is -3.90. The van der Waals surface area contributed by atoms with Gasteiger partial charge in [0.25, 0.3) is 0 Å². The van der Waals surface area contributed by atoms with Gasteiger partial charge in [-0.05, 0) is 76.3 Å². The number of Topliss-reactive ketones (excluding diaryl/α,β-unsaturated/α-hetero) is 1. The molecule has 47 heavy (non-hydrogen) atoms. The second kappa shape index (κ2) is 12.6. The molecule has 2 N–H and O–H groups in total. The highest BCUT2D eigenvalue weighted by Crippen LogP contribution is 2.52. The minimum Gasteiger partial charge on any atom is -0.496 e. The molecule has 0 spiro atoms. The van der Waals surface area contributed by atoms with Crippen molar-refractivity contribution in [3.63, 3.8) is 0 Å². The van der Waals surface area contributed by atoms with Gasteiger partial charge < -0.3 is 14.2 Å². The molecule has 11 heteroatoms. The summed E-state index contributed by atoms with van der Waals surface area (Å²) >= 11 is 0. The fourth-order valence-electron chi connectivity index (χ4n) is 6.74. The third-order valence-electron chi connectivity index (χ3n) is 8.91. The Labute approximate surface area is 276 Å². The van der Waals surface area contributed by atoms with Crippen molar-refractivity contribution < 1.29 is 32.2 Å². The number of methoxy groups -OCH3 is 1. The van der Waals surface area contributed by atoms with Crippen LogP contribution >= 0.6 is 0 Å². The first-order valence-electron chi connectivity index (χ1n) is 15.9. The molecule has 1 amide bonds. The van der Waals surface area contributed by atoms with E-state index in [0.717, 1.165) is 11.1 Å². The number of amides is 1. The molecule has 10 nitrogen and oxygen atoms in total. The van der Waals surface area contributed by atoms with Crippen molar-refractivity contribution in [3.8, 4) is 5.75 Å². The first kappa shape index (κ1) is 33.0. The molecule has 0 radical (unpaired) electrons. The number of fused-ring (bicyclic) bond motifs is 2. The van der Waals surface area contributed by atoms with E-state index in [-0.39, 0.29) is 23.7 Å². The topological polar surface area (TPSA) is 133 Å². The lowest BCUT2D eigenvalue weighted by Crippen LogP contribution is -2.39. The fraction of sp³-hybridized carbons (Fsp3) is 0.417. The van der Waals surface area contributed by atoms with Gasteiger partial charge in [-0.15, -0.1) is 0 Å². The zero-order valence-corrected chi connectivity index (χ0v) is 28.3. The Kier molecular flexibility index (Phi) is 8.86. The van der Waals surface area contributed by atoms with Crippen LogP contribution in [0.25, 0.3) is 5.57 Å². The first-order valence-corrected chi connectivity index (χ1v) is 17.6. The maximum absolute atomic E-state index is 14.2. The molecule has 3 aromatic rings. The molecule has 2 aliphatic carbocycles. The Bertz CT molecular complexity index is 1860. The van der Waals surface area contributed by atoms with Gasteiger partial charge in [0.1, 0.15) is 18.1 Å². The average molecular weight is 660 g/mol. The van der Waals surface area contributed by atoms with Crippen LogP contribution in [0.15, 0.2) is 66.4 Å². The molecule has 2 heterocycles. The van der Waals surface area contributed by atoms with Crippen LogP contribution in [-0.4, -0.2) is 50.6 Å². The van der Waals surface area contributed by atoms with E-state index in [4.69, 9.17) is 14.2 Å². The van der Waals surface area contributed by atoms with E-state index < -0.39 is 39.7 Å². The molecule has 3 unspecified atom stereocenters. The lowest BCUT2D eigenvalue weighted by Gasteiger charge is -2.29. The zero-order chi connectivity index (χ0) is 33.7. The molecule has 3 aliphatic rings. The highest BCUT2D eigenvalue weighted by atomic mass is 32.2. The lowest BCUT2D eigenvalue weighted by atomic mass is 9.82. The number of aryl methyl sites for hydroxylation is 1. The molecule has 0 bridgehead atoms. The average Bonchev–Trinajstić information content (AvgIpc) is 3.75. The molecule has 1 saturated carbocycles. The number of pyridine rings is 1. The number of ether oxygens (including phenoxy) is 3. The van der Waals surface area contributed by atoms with Gasteiger partial charge in [-0.3, -0.25) is 24.6 Å². The fourth-order valence-corrected chi connectivity index (χ4v) is 7.91. The predicted octanol–water partition coefficient (Wildman–Crippen LogP) is 4.97. The van der Waals surface area contributed by atoms with Crippen molar-refractivity contribution in [2.75, 3.05) is 7.11 Å². The monoisotopic (exact) mass is 659 g/mol. The van der Waals surface area contributed by atoms with Crippen LogP contribution in [-0.2, 0) is 40.3 Å². The minimum atomic E-state index is -4.02. The van der Waals surface area contributed by atoms with Crippen LogP contribution < -0.4 is 14.8 Å². The number of benzene rings is 2. The Morgan fingerprint density at radius 1 is 1.00 bits per heavy atom. The van der Waals surface area contributed by atoms with Crippen LogP contribution in [0.4, 0.5) is 0 Å². The summed E-state index contributed by atoms with van der Waals surface area (Å²) in [5.41, 5.74) is 4.48. The third-order valence-corrected chi connectivity index (χ3v) is 10.1. The van der Waals surface area contributed by atoms with Crippen molar-refractivity contribution in [2.45, 2.75) is 89.2 Å². The quantitative estimate of drug-likeness (QED) is 0.293. The number of nitrogens with zero attached hydrogens (tertiary/aromatic N) is 1. The number of nitrogens with one attached hydrogen (secondary N) is 2. The van der Waals surface area contributed by atoms with Crippen LogP contribution in [0, 0.1) is 6.92 Å². The minimum absolute atomic E-state index is 0.131. The Morgan fingerprint density at radius 2 is 1.72 bits per heavy atom. The number of carbonyl (C=O) groups excluding carboxylic acids is 2. The molecule has 1 fully saturated rings. The van der Waals surface area contributed by atoms with Crippen molar-refractivity contribution in [1.29, 1.82) is 0 Å². The predicted molar refractivity (Wildman–Crippen MR) is 177 cm³/mol. The molecule has 0 saturated heterocycles. The number of hydrogen-bond acceptors (Lipinski definition) is 9. The Morgan fingerprint density at radius 3 is 2.38 bits per heavy atom. The van der Waals surface area contributed by atoms with E-state index in [1.54, 1.807) is 36.5 Å². The SMILES string of the molecule is COc1ccccc1C1(C(=O)NS(=O)(=O)Cc2ccc(C3NC(OC(C)C)C4=C3C(=O)C(OC(C)C)c3cccnc34)c(C)c2)CC1. The maximum Gasteiger partial charge on any atom is 0.244 e. The summed E-state index contributed by atoms with van der Waals surface area (Å²) in [5, 5.41) is 3.51. The summed E-state index contributed by atoms with van der Waals surface area (Å²) in [4.78, 5) is 32.2. The van der Waals surface area contributed by atoms with E-state index in [9.17, 15) is 18.0 Å². The molecule has 6 rings (SSSR count). The van der Waals surface area contributed by atoms with Gasteiger partial charge in [0.2, 0.25) is 15.9 Å². The van der Waals surface area contributed by atoms with Gasteiger partial charge in [0.15, 0.2) is 5.78 Å². The second-order valence-corrected chi connectivity index (χ2v) is 14.7. The van der Waals surface area contributed by atoms with Gasteiger partial charge >= 0.3 is 0 Å². The molecule has 1 aromatic heterocycles. The smallest absolute Gasteiger partial charge is 0.244 e. The van der Waals surface area contributed by atoms with Crippen molar-refractivity contribution >= 4 is 27.3 Å². The van der Waals surface area contributed by atoms with Gasteiger partial charge in [0.05, 0.1) is 42.2 Å². The molecule has 248 valence electrons. The summed E-state index contributed by atoms with van der Waals surface area (Å²) < 4.78 is 46.7. The number of aromatic nitrogens is 1. The van der Waals surface area contributed by atoms with E-state index >= 15 is 0 Å².